The van der Waals surface area contributed by atoms with Gasteiger partial charge in [-0.1, -0.05) is 6.07 Å². The SMILES string of the molecule is CC(N)CN(C)Cc1ccc2oc(=O)n(C)c2c1. The molecule has 2 aromatic rings. The summed E-state index contributed by atoms with van der Waals surface area (Å²) in [5.74, 6) is -0.328. The number of aromatic nitrogens is 1. The molecule has 0 saturated heterocycles. The number of aryl methyl sites for hydroxylation is 1. The Morgan fingerprint density at radius 3 is 2.89 bits per heavy atom. The van der Waals surface area contributed by atoms with Crippen LogP contribution in [0.3, 0.4) is 0 Å². The third-order valence-corrected chi connectivity index (χ3v) is 2.91. The molecule has 0 spiro atoms. The molecule has 0 aliphatic carbocycles. The van der Waals surface area contributed by atoms with Gasteiger partial charge in [0.15, 0.2) is 5.58 Å². The second-order valence-corrected chi connectivity index (χ2v) is 4.90. The third-order valence-electron chi connectivity index (χ3n) is 2.91. The minimum atomic E-state index is -0.328. The Morgan fingerprint density at radius 1 is 1.50 bits per heavy atom. The Kier molecular flexibility index (Phi) is 3.54. The molecule has 18 heavy (non-hydrogen) atoms. The first-order valence-electron chi connectivity index (χ1n) is 6.00. The van der Waals surface area contributed by atoms with Gasteiger partial charge in [0.05, 0.1) is 5.52 Å². The molecule has 0 aliphatic heterocycles. The zero-order valence-corrected chi connectivity index (χ0v) is 11.0. The lowest BCUT2D eigenvalue weighted by atomic mass is 10.2. The smallest absolute Gasteiger partial charge is 0.408 e. The summed E-state index contributed by atoms with van der Waals surface area (Å²) in [6.45, 7) is 3.62. The van der Waals surface area contributed by atoms with Gasteiger partial charge < -0.3 is 15.1 Å². The van der Waals surface area contributed by atoms with E-state index in [0.717, 1.165) is 24.2 Å². The molecule has 0 aliphatic rings. The summed E-state index contributed by atoms with van der Waals surface area (Å²) in [6, 6.07) is 5.95. The van der Waals surface area contributed by atoms with Crippen LogP contribution in [0.2, 0.25) is 0 Å². The molecule has 0 amide bonds. The summed E-state index contributed by atoms with van der Waals surface area (Å²) >= 11 is 0. The van der Waals surface area contributed by atoms with Crippen LogP contribution in [0.25, 0.3) is 11.1 Å². The maximum Gasteiger partial charge on any atom is 0.419 e. The number of rotatable bonds is 4. The minimum absolute atomic E-state index is 0.150. The average Bonchev–Trinajstić information content (AvgIpc) is 2.54. The zero-order valence-electron chi connectivity index (χ0n) is 11.0. The van der Waals surface area contributed by atoms with E-state index < -0.39 is 0 Å². The molecular weight excluding hydrogens is 230 g/mol. The predicted octanol–water partition coefficient (Wildman–Crippen LogP) is 0.910. The number of likely N-dealkylation sites (N-methyl/N-ethyl adjacent to an activating group) is 1. The Morgan fingerprint density at radius 2 is 2.22 bits per heavy atom. The van der Waals surface area contributed by atoms with Crippen molar-refractivity contribution in [2.24, 2.45) is 12.8 Å². The van der Waals surface area contributed by atoms with E-state index in [0.29, 0.717) is 5.58 Å². The molecule has 0 saturated carbocycles. The highest BCUT2D eigenvalue weighted by Gasteiger charge is 2.08. The molecule has 98 valence electrons. The van der Waals surface area contributed by atoms with Crippen molar-refractivity contribution in [1.29, 1.82) is 0 Å². The van der Waals surface area contributed by atoms with Crippen LogP contribution < -0.4 is 11.5 Å². The number of hydrogen-bond acceptors (Lipinski definition) is 4. The molecule has 1 heterocycles. The quantitative estimate of drug-likeness (QED) is 0.874. The molecule has 2 rings (SSSR count). The van der Waals surface area contributed by atoms with Crippen LogP contribution in [0.4, 0.5) is 0 Å². The second kappa shape index (κ2) is 4.96. The van der Waals surface area contributed by atoms with Gasteiger partial charge >= 0.3 is 5.76 Å². The Labute approximate surface area is 106 Å². The van der Waals surface area contributed by atoms with E-state index in [1.54, 1.807) is 7.05 Å². The van der Waals surface area contributed by atoms with Gasteiger partial charge in [0.2, 0.25) is 0 Å². The number of fused-ring (bicyclic) bond motifs is 1. The predicted molar refractivity (Wildman–Crippen MR) is 71.4 cm³/mol. The summed E-state index contributed by atoms with van der Waals surface area (Å²) in [4.78, 5) is 13.5. The van der Waals surface area contributed by atoms with Gasteiger partial charge in [0.25, 0.3) is 0 Å². The Balaban J connectivity index is 2.24. The lowest BCUT2D eigenvalue weighted by molar-refractivity contribution is 0.310. The van der Waals surface area contributed by atoms with Crippen molar-refractivity contribution in [3.05, 3.63) is 34.3 Å². The highest BCUT2D eigenvalue weighted by atomic mass is 16.4. The molecule has 5 nitrogen and oxygen atoms in total. The molecule has 0 bridgehead atoms. The number of benzene rings is 1. The fourth-order valence-corrected chi connectivity index (χ4v) is 2.14. The van der Waals surface area contributed by atoms with Crippen molar-refractivity contribution >= 4 is 11.1 Å². The van der Waals surface area contributed by atoms with Crippen LogP contribution in [-0.2, 0) is 13.6 Å². The summed E-state index contributed by atoms with van der Waals surface area (Å²) in [7, 11) is 3.74. The second-order valence-electron chi connectivity index (χ2n) is 4.90. The van der Waals surface area contributed by atoms with Crippen LogP contribution in [0.5, 0.6) is 0 Å². The van der Waals surface area contributed by atoms with Crippen molar-refractivity contribution in [1.82, 2.24) is 9.47 Å². The van der Waals surface area contributed by atoms with Crippen molar-refractivity contribution in [2.75, 3.05) is 13.6 Å². The zero-order chi connectivity index (χ0) is 13.3. The van der Waals surface area contributed by atoms with E-state index in [2.05, 4.69) is 4.90 Å². The lowest BCUT2D eigenvalue weighted by Gasteiger charge is -2.18. The highest BCUT2D eigenvalue weighted by Crippen LogP contribution is 2.15. The van der Waals surface area contributed by atoms with E-state index in [4.69, 9.17) is 10.2 Å². The van der Waals surface area contributed by atoms with Gasteiger partial charge in [-0.15, -0.1) is 0 Å². The van der Waals surface area contributed by atoms with E-state index in [-0.39, 0.29) is 11.8 Å². The van der Waals surface area contributed by atoms with Crippen molar-refractivity contribution < 1.29 is 4.42 Å². The maximum absolute atomic E-state index is 11.4. The highest BCUT2D eigenvalue weighted by molar-refractivity contribution is 5.73. The van der Waals surface area contributed by atoms with Crippen LogP contribution in [0, 0.1) is 0 Å². The summed E-state index contributed by atoms with van der Waals surface area (Å²) in [6.07, 6.45) is 0. The van der Waals surface area contributed by atoms with E-state index in [1.165, 1.54) is 4.57 Å². The Hall–Kier alpha value is -1.59. The molecule has 5 heteroatoms. The standard InChI is InChI=1S/C13H19N3O2/c1-9(14)7-15(2)8-10-4-5-12-11(6-10)16(3)13(17)18-12/h4-6,9H,7-8,14H2,1-3H3. The molecule has 0 fully saturated rings. The molecule has 2 N–H and O–H groups in total. The topological polar surface area (TPSA) is 64.4 Å². The summed E-state index contributed by atoms with van der Waals surface area (Å²) < 4.78 is 6.62. The number of nitrogens with zero attached hydrogens (tertiary/aromatic N) is 2. The lowest BCUT2D eigenvalue weighted by Crippen LogP contribution is -2.32. The van der Waals surface area contributed by atoms with Crippen LogP contribution in [0.15, 0.2) is 27.4 Å². The first-order valence-corrected chi connectivity index (χ1v) is 6.00. The van der Waals surface area contributed by atoms with E-state index in [1.807, 2.05) is 32.2 Å². The Bertz CT molecular complexity index is 598. The fourth-order valence-electron chi connectivity index (χ4n) is 2.14. The first kappa shape index (κ1) is 12.9. The van der Waals surface area contributed by atoms with Crippen LogP contribution in [-0.4, -0.2) is 29.1 Å². The summed E-state index contributed by atoms with van der Waals surface area (Å²) in [5, 5.41) is 0. The van der Waals surface area contributed by atoms with E-state index >= 15 is 0 Å². The fraction of sp³-hybridized carbons (Fsp3) is 0.462. The number of nitrogens with two attached hydrogens (primary N) is 1. The van der Waals surface area contributed by atoms with Crippen molar-refractivity contribution in [2.45, 2.75) is 19.5 Å². The van der Waals surface area contributed by atoms with Gasteiger partial charge in [-0.25, -0.2) is 4.79 Å². The molecular formula is C13H19N3O2. The van der Waals surface area contributed by atoms with Gasteiger partial charge in [0, 0.05) is 26.2 Å². The average molecular weight is 249 g/mol. The number of hydrogen-bond donors (Lipinski definition) is 1. The molecule has 1 atom stereocenters. The molecule has 0 radical (unpaired) electrons. The van der Waals surface area contributed by atoms with Crippen molar-refractivity contribution in [3.63, 3.8) is 0 Å². The van der Waals surface area contributed by atoms with Crippen LogP contribution >= 0.6 is 0 Å². The normalized spacial score (nSPS) is 13.4. The van der Waals surface area contributed by atoms with Gasteiger partial charge in [-0.3, -0.25) is 4.57 Å². The van der Waals surface area contributed by atoms with Gasteiger partial charge in [0.1, 0.15) is 0 Å². The third kappa shape index (κ3) is 2.63. The first-order chi connectivity index (χ1) is 8.47. The largest absolute Gasteiger partial charge is 0.419 e. The minimum Gasteiger partial charge on any atom is -0.408 e. The summed E-state index contributed by atoms with van der Waals surface area (Å²) in [5.41, 5.74) is 8.36. The van der Waals surface area contributed by atoms with E-state index in [9.17, 15) is 4.79 Å². The maximum atomic E-state index is 11.4. The van der Waals surface area contributed by atoms with Crippen LogP contribution in [0.1, 0.15) is 12.5 Å². The molecule has 1 unspecified atom stereocenters. The van der Waals surface area contributed by atoms with Gasteiger partial charge in [-0.2, -0.15) is 0 Å². The van der Waals surface area contributed by atoms with Crippen molar-refractivity contribution in [3.8, 4) is 0 Å². The number of oxazole rings is 1. The molecule has 1 aromatic heterocycles. The van der Waals surface area contributed by atoms with Gasteiger partial charge in [-0.05, 0) is 31.7 Å². The monoisotopic (exact) mass is 249 g/mol. The molecule has 1 aromatic carbocycles.